The van der Waals surface area contributed by atoms with Gasteiger partial charge in [-0.2, -0.15) is 4.31 Å². The fraction of sp³-hybridized carbons (Fsp3) is 1.00. The van der Waals surface area contributed by atoms with Crippen LogP contribution >= 0.6 is 0 Å². The minimum absolute atomic E-state index is 0.221. The quantitative estimate of drug-likeness (QED) is 0.729. The Morgan fingerprint density at radius 3 is 2.12 bits per heavy atom. The van der Waals surface area contributed by atoms with Gasteiger partial charge in [-0.25, -0.2) is 8.42 Å². The van der Waals surface area contributed by atoms with Crippen molar-refractivity contribution in [2.45, 2.75) is 27.2 Å². The third kappa shape index (κ3) is 3.71. The first-order valence-corrected chi connectivity index (χ1v) is 7.80. The van der Waals surface area contributed by atoms with Gasteiger partial charge in [0.25, 0.3) is 0 Å². The fourth-order valence-electron chi connectivity index (χ4n) is 1.94. The van der Waals surface area contributed by atoms with Crippen molar-refractivity contribution in [2.24, 2.45) is 5.92 Å². The molecule has 0 aromatic heterocycles. The molecule has 0 unspecified atom stereocenters. The van der Waals surface area contributed by atoms with Crippen LogP contribution in [0.2, 0.25) is 0 Å². The minimum atomic E-state index is -2.97. The van der Waals surface area contributed by atoms with Gasteiger partial charge in [0.15, 0.2) is 0 Å². The van der Waals surface area contributed by atoms with Gasteiger partial charge in [0, 0.05) is 32.7 Å². The highest BCUT2D eigenvalue weighted by Crippen LogP contribution is 2.11. The van der Waals surface area contributed by atoms with Crippen molar-refractivity contribution >= 4 is 10.0 Å². The van der Waals surface area contributed by atoms with Crippen LogP contribution in [-0.4, -0.2) is 56.1 Å². The van der Waals surface area contributed by atoms with Crippen LogP contribution in [0.15, 0.2) is 0 Å². The van der Waals surface area contributed by atoms with Crippen LogP contribution in [0.25, 0.3) is 0 Å². The van der Waals surface area contributed by atoms with Gasteiger partial charge in [-0.3, -0.25) is 0 Å². The molecule has 0 spiro atoms. The number of hydrogen-bond acceptors (Lipinski definition) is 3. The van der Waals surface area contributed by atoms with E-state index in [9.17, 15) is 8.42 Å². The highest BCUT2D eigenvalue weighted by Gasteiger charge is 2.25. The number of hydrogen-bond donors (Lipinski definition) is 0. The molecule has 0 N–H and O–H groups in total. The fourth-order valence-corrected chi connectivity index (χ4v) is 3.03. The highest BCUT2D eigenvalue weighted by atomic mass is 32.2. The zero-order valence-electron chi connectivity index (χ0n) is 10.6. The topological polar surface area (TPSA) is 40.6 Å². The van der Waals surface area contributed by atoms with Gasteiger partial charge < -0.3 is 4.90 Å². The van der Waals surface area contributed by atoms with E-state index in [0.717, 1.165) is 19.6 Å². The molecule has 0 radical (unpaired) electrons. The molecule has 0 aromatic rings. The summed E-state index contributed by atoms with van der Waals surface area (Å²) in [5.41, 5.74) is 0. The zero-order chi connectivity index (χ0) is 12.2. The summed E-state index contributed by atoms with van der Waals surface area (Å²) in [5, 5.41) is 0. The Balaban J connectivity index is 2.40. The lowest BCUT2D eigenvalue weighted by molar-refractivity contribution is 0.167. The zero-order valence-corrected chi connectivity index (χ0v) is 11.5. The van der Waals surface area contributed by atoms with Gasteiger partial charge in [-0.1, -0.05) is 20.3 Å². The lowest BCUT2D eigenvalue weighted by atomic mass is 10.1. The molecule has 0 amide bonds. The van der Waals surface area contributed by atoms with Gasteiger partial charge in [0.05, 0.1) is 5.75 Å². The average Bonchev–Trinajstić information content (AvgIpc) is 2.29. The van der Waals surface area contributed by atoms with Crippen LogP contribution in [0.1, 0.15) is 27.2 Å². The maximum Gasteiger partial charge on any atom is 0.213 e. The molecule has 5 heteroatoms. The first-order valence-electron chi connectivity index (χ1n) is 6.19. The van der Waals surface area contributed by atoms with Crippen LogP contribution in [0.3, 0.4) is 0 Å². The van der Waals surface area contributed by atoms with E-state index in [1.807, 2.05) is 0 Å². The smallest absolute Gasteiger partial charge is 0.213 e. The summed E-state index contributed by atoms with van der Waals surface area (Å²) >= 11 is 0. The molecule has 0 aromatic carbocycles. The van der Waals surface area contributed by atoms with Crippen molar-refractivity contribution in [1.82, 2.24) is 9.21 Å². The Morgan fingerprint density at radius 1 is 1.12 bits per heavy atom. The molecule has 0 aliphatic carbocycles. The van der Waals surface area contributed by atoms with Crippen molar-refractivity contribution in [3.05, 3.63) is 0 Å². The molecule has 1 heterocycles. The van der Waals surface area contributed by atoms with Crippen molar-refractivity contribution in [3.63, 3.8) is 0 Å². The van der Waals surface area contributed by atoms with E-state index < -0.39 is 10.0 Å². The minimum Gasteiger partial charge on any atom is -0.300 e. The van der Waals surface area contributed by atoms with Crippen LogP contribution in [0, 0.1) is 5.92 Å². The predicted octanol–water partition coefficient (Wildman–Crippen LogP) is 1.000. The molecule has 1 saturated heterocycles. The van der Waals surface area contributed by atoms with E-state index in [4.69, 9.17) is 0 Å². The number of rotatable bonds is 5. The van der Waals surface area contributed by atoms with Crippen molar-refractivity contribution < 1.29 is 8.42 Å². The normalized spacial score (nSPS) is 22.2. The summed E-state index contributed by atoms with van der Waals surface area (Å²) in [6.45, 7) is 10.3. The highest BCUT2D eigenvalue weighted by molar-refractivity contribution is 7.89. The second-order valence-corrected chi connectivity index (χ2v) is 6.87. The molecule has 0 saturated carbocycles. The van der Waals surface area contributed by atoms with Crippen LogP contribution < -0.4 is 0 Å². The molecule has 1 fully saturated rings. The summed E-state index contributed by atoms with van der Waals surface area (Å²) in [6, 6.07) is 0. The molecular weight excluding hydrogens is 224 g/mol. The van der Waals surface area contributed by atoms with Crippen molar-refractivity contribution in [3.8, 4) is 0 Å². The van der Waals surface area contributed by atoms with Crippen LogP contribution in [0.5, 0.6) is 0 Å². The molecule has 96 valence electrons. The second-order valence-electron chi connectivity index (χ2n) is 4.61. The number of piperazine rings is 1. The van der Waals surface area contributed by atoms with E-state index >= 15 is 0 Å². The number of nitrogens with zero attached hydrogens (tertiary/aromatic N) is 2. The lowest BCUT2D eigenvalue weighted by Gasteiger charge is -2.34. The third-order valence-electron chi connectivity index (χ3n) is 3.36. The van der Waals surface area contributed by atoms with E-state index in [-0.39, 0.29) is 5.75 Å². The number of sulfonamides is 1. The standard InChI is InChI=1S/C11H24N2O2S/c1-4-11(3)10-12-6-8-13(9-7-12)16(14,15)5-2/h11H,4-10H2,1-3H3/t11-/m0/s1. The molecule has 4 nitrogen and oxygen atoms in total. The molecule has 1 aliphatic rings. The Bertz CT molecular complexity index is 295. The molecule has 16 heavy (non-hydrogen) atoms. The van der Waals surface area contributed by atoms with E-state index in [1.165, 1.54) is 6.42 Å². The monoisotopic (exact) mass is 248 g/mol. The molecule has 0 bridgehead atoms. The molecule has 1 atom stereocenters. The first kappa shape index (κ1) is 13.9. The third-order valence-corrected chi connectivity index (χ3v) is 5.24. The Labute approximate surface area is 99.7 Å². The Kier molecular flexibility index (Phi) is 5.21. The predicted molar refractivity (Wildman–Crippen MR) is 66.9 cm³/mol. The second kappa shape index (κ2) is 5.98. The molecule has 1 rings (SSSR count). The summed E-state index contributed by atoms with van der Waals surface area (Å²) in [5.74, 6) is 0.924. The maximum atomic E-state index is 11.6. The Hall–Kier alpha value is -0.130. The van der Waals surface area contributed by atoms with Crippen molar-refractivity contribution in [2.75, 3.05) is 38.5 Å². The summed E-state index contributed by atoms with van der Waals surface area (Å²) in [6.07, 6.45) is 1.19. The summed E-state index contributed by atoms with van der Waals surface area (Å²) in [4.78, 5) is 2.37. The SMILES string of the molecule is CC[C@H](C)CN1CCN(S(=O)(=O)CC)CC1. The van der Waals surface area contributed by atoms with E-state index in [2.05, 4.69) is 18.7 Å². The van der Waals surface area contributed by atoms with Gasteiger partial charge in [-0.05, 0) is 12.8 Å². The largest absolute Gasteiger partial charge is 0.300 e. The van der Waals surface area contributed by atoms with Crippen LogP contribution in [0.4, 0.5) is 0 Å². The molecular formula is C11H24N2O2S. The molecule has 1 aliphatic heterocycles. The van der Waals surface area contributed by atoms with E-state index in [0.29, 0.717) is 19.0 Å². The van der Waals surface area contributed by atoms with Gasteiger partial charge >= 0.3 is 0 Å². The van der Waals surface area contributed by atoms with Gasteiger partial charge in [-0.15, -0.1) is 0 Å². The maximum absolute atomic E-state index is 11.6. The van der Waals surface area contributed by atoms with Crippen LogP contribution in [-0.2, 0) is 10.0 Å². The summed E-state index contributed by atoms with van der Waals surface area (Å²) < 4.78 is 24.9. The lowest BCUT2D eigenvalue weighted by Crippen LogP contribution is -2.49. The van der Waals surface area contributed by atoms with Gasteiger partial charge in [0.2, 0.25) is 10.0 Å². The Morgan fingerprint density at radius 2 is 1.69 bits per heavy atom. The van der Waals surface area contributed by atoms with Crippen molar-refractivity contribution in [1.29, 1.82) is 0 Å². The summed E-state index contributed by atoms with van der Waals surface area (Å²) in [7, 11) is -2.97. The van der Waals surface area contributed by atoms with E-state index in [1.54, 1.807) is 11.2 Å². The average molecular weight is 248 g/mol. The first-order chi connectivity index (χ1) is 7.49. The van der Waals surface area contributed by atoms with Gasteiger partial charge in [0.1, 0.15) is 0 Å².